The summed E-state index contributed by atoms with van der Waals surface area (Å²) in [7, 11) is 0. The molecule has 0 aliphatic carbocycles. The van der Waals surface area contributed by atoms with Gasteiger partial charge in [-0.2, -0.15) is 5.10 Å². The summed E-state index contributed by atoms with van der Waals surface area (Å²) in [6, 6.07) is 11.9. The predicted molar refractivity (Wildman–Crippen MR) is 120 cm³/mol. The average Bonchev–Trinajstić information content (AvgIpc) is 3.34. The van der Waals surface area contributed by atoms with Gasteiger partial charge in [0.1, 0.15) is 17.1 Å². The van der Waals surface area contributed by atoms with Gasteiger partial charge in [0.2, 0.25) is 0 Å². The maximum atomic E-state index is 12.8. The summed E-state index contributed by atoms with van der Waals surface area (Å²) in [4.78, 5) is 45.6. The number of pyridine rings is 1. The number of ether oxygens (including phenoxy) is 1. The summed E-state index contributed by atoms with van der Waals surface area (Å²) < 4.78 is 6.72. The lowest BCUT2D eigenvalue weighted by Gasteiger charge is -2.18. The first kappa shape index (κ1) is 21.1. The SMILES string of the molecule is O=C1COc2ccc(CNC(=O)c3cc(C(=O)NCc4cccnc4)n4nccc4n3)cc2N1. The summed E-state index contributed by atoms with van der Waals surface area (Å²) >= 11 is 0. The van der Waals surface area contributed by atoms with Crippen molar-refractivity contribution in [1.29, 1.82) is 0 Å². The molecule has 1 aromatic carbocycles. The molecule has 3 aromatic heterocycles. The first-order valence-corrected chi connectivity index (χ1v) is 10.4. The van der Waals surface area contributed by atoms with Crippen molar-refractivity contribution in [2.75, 3.05) is 11.9 Å². The zero-order chi connectivity index (χ0) is 23.5. The van der Waals surface area contributed by atoms with E-state index in [9.17, 15) is 14.4 Å². The molecule has 0 spiro atoms. The van der Waals surface area contributed by atoms with Crippen molar-refractivity contribution in [3.8, 4) is 5.75 Å². The number of aromatic nitrogens is 4. The van der Waals surface area contributed by atoms with E-state index in [0.29, 0.717) is 17.1 Å². The lowest BCUT2D eigenvalue weighted by Crippen LogP contribution is -2.28. The molecule has 0 fully saturated rings. The number of carbonyl (C=O) groups excluding carboxylic acids is 3. The highest BCUT2D eigenvalue weighted by molar-refractivity contribution is 5.98. The minimum Gasteiger partial charge on any atom is -0.482 e. The van der Waals surface area contributed by atoms with Crippen molar-refractivity contribution >= 4 is 29.1 Å². The van der Waals surface area contributed by atoms with E-state index >= 15 is 0 Å². The Morgan fingerprint density at radius 3 is 2.74 bits per heavy atom. The van der Waals surface area contributed by atoms with E-state index in [2.05, 4.69) is 31.0 Å². The molecule has 1 aliphatic heterocycles. The molecule has 3 amide bonds. The molecule has 0 saturated heterocycles. The number of anilines is 1. The van der Waals surface area contributed by atoms with Gasteiger partial charge in [-0.05, 0) is 29.3 Å². The van der Waals surface area contributed by atoms with Crippen LogP contribution >= 0.6 is 0 Å². The molecular weight excluding hydrogens is 438 g/mol. The minimum absolute atomic E-state index is 0.0238. The third-order valence-corrected chi connectivity index (χ3v) is 5.13. The first-order chi connectivity index (χ1) is 16.6. The Labute approximate surface area is 193 Å². The molecule has 1 aliphatic rings. The van der Waals surface area contributed by atoms with E-state index in [0.717, 1.165) is 11.1 Å². The fraction of sp³-hybridized carbons (Fsp3) is 0.130. The van der Waals surface area contributed by atoms with Crippen LogP contribution in [0.15, 0.2) is 61.1 Å². The molecule has 0 bridgehead atoms. The summed E-state index contributed by atoms with van der Waals surface area (Å²) in [5.41, 5.74) is 2.78. The van der Waals surface area contributed by atoms with Crippen LogP contribution in [0.2, 0.25) is 0 Å². The van der Waals surface area contributed by atoms with Crippen LogP contribution in [-0.2, 0) is 17.9 Å². The number of carbonyl (C=O) groups is 3. The van der Waals surface area contributed by atoms with Crippen molar-refractivity contribution in [3.05, 3.63) is 83.6 Å². The normalized spacial score (nSPS) is 12.4. The molecule has 0 atom stereocenters. The van der Waals surface area contributed by atoms with Gasteiger partial charge in [0.25, 0.3) is 17.7 Å². The van der Waals surface area contributed by atoms with Gasteiger partial charge in [-0.3, -0.25) is 19.4 Å². The monoisotopic (exact) mass is 457 g/mol. The highest BCUT2D eigenvalue weighted by atomic mass is 16.5. The molecule has 34 heavy (non-hydrogen) atoms. The van der Waals surface area contributed by atoms with Crippen molar-refractivity contribution in [3.63, 3.8) is 0 Å². The van der Waals surface area contributed by atoms with Gasteiger partial charge in [-0.15, -0.1) is 0 Å². The van der Waals surface area contributed by atoms with Crippen LogP contribution < -0.4 is 20.7 Å². The fourth-order valence-corrected chi connectivity index (χ4v) is 3.48. The van der Waals surface area contributed by atoms with Gasteiger partial charge < -0.3 is 20.7 Å². The quantitative estimate of drug-likeness (QED) is 0.397. The topological polar surface area (TPSA) is 140 Å². The van der Waals surface area contributed by atoms with Crippen LogP contribution in [0.1, 0.15) is 32.1 Å². The molecule has 4 aromatic rings. The van der Waals surface area contributed by atoms with Crippen molar-refractivity contribution in [1.82, 2.24) is 30.2 Å². The van der Waals surface area contributed by atoms with Crippen molar-refractivity contribution < 1.29 is 19.1 Å². The molecule has 3 N–H and O–H groups in total. The van der Waals surface area contributed by atoms with Gasteiger partial charge >= 0.3 is 0 Å². The smallest absolute Gasteiger partial charge is 0.270 e. The second-order valence-electron chi connectivity index (χ2n) is 7.52. The van der Waals surface area contributed by atoms with E-state index in [4.69, 9.17) is 4.74 Å². The van der Waals surface area contributed by atoms with E-state index in [1.54, 1.807) is 42.7 Å². The summed E-state index contributed by atoms with van der Waals surface area (Å²) in [5.74, 6) is -0.520. The molecule has 0 saturated carbocycles. The molecule has 4 heterocycles. The Kier molecular flexibility index (Phi) is 5.56. The Balaban J connectivity index is 1.31. The zero-order valence-electron chi connectivity index (χ0n) is 17.8. The molecule has 170 valence electrons. The number of hydrogen-bond donors (Lipinski definition) is 3. The van der Waals surface area contributed by atoms with Crippen LogP contribution in [0.4, 0.5) is 5.69 Å². The molecular formula is C23H19N7O4. The maximum absolute atomic E-state index is 12.8. The molecule has 5 rings (SSSR count). The highest BCUT2D eigenvalue weighted by Crippen LogP contribution is 2.28. The Morgan fingerprint density at radius 1 is 1.03 bits per heavy atom. The number of nitrogens with one attached hydrogen (secondary N) is 3. The van der Waals surface area contributed by atoms with E-state index in [1.165, 1.54) is 16.8 Å². The Hall–Kier alpha value is -4.80. The minimum atomic E-state index is -0.456. The molecule has 0 unspecified atom stereocenters. The molecule has 0 radical (unpaired) electrons. The highest BCUT2D eigenvalue weighted by Gasteiger charge is 2.19. The number of nitrogens with zero attached hydrogens (tertiary/aromatic N) is 4. The zero-order valence-corrected chi connectivity index (χ0v) is 17.8. The van der Waals surface area contributed by atoms with Gasteiger partial charge in [-0.25, -0.2) is 9.50 Å². The fourth-order valence-electron chi connectivity index (χ4n) is 3.48. The largest absolute Gasteiger partial charge is 0.482 e. The average molecular weight is 457 g/mol. The van der Waals surface area contributed by atoms with Crippen LogP contribution in [0.25, 0.3) is 5.65 Å². The van der Waals surface area contributed by atoms with E-state index in [-0.39, 0.29) is 37.0 Å². The number of amides is 3. The third-order valence-electron chi connectivity index (χ3n) is 5.13. The molecule has 11 nitrogen and oxygen atoms in total. The predicted octanol–water partition coefficient (Wildman–Crippen LogP) is 1.32. The van der Waals surface area contributed by atoms with Crippen LogP contribution in [0.5, 0.6) is 5.75 Å². The molecule has 11 heteroatoms. The third kappa shape index (κ3) is 4.39. The standard InChI is InChI=1S/C23H19N7O4/c31-21-13-34-19-4-3-14(8-16(19)29-21)11-25-22(32)17-9-18(30-20(28-17)5-7-27-30)23(33)26-12-15-2-1-6-24-10-15/h1-10H,11-13H2,(H,25,32)(H,26,33)(H,29,31). The number of benzene rings is 1. The number of fused-ring (bicyclic) bond motifs is 2. The summed E-state index contributed by atoms with van der Waals surface area (Å²) in [5, 5.41) is 12.5. The second kappa shape index (κ2) is 8.98. The maximum Gasteiger partial charge on any atom is 0.270 e. The first-order valence-electron chi connectivity index (χ1n) is 10.4. The lowest BCUT2D eigenvalue weighted by molar-refractivity contribution is -0.118. The number of rotatable bonds is 6. The number of hydrogen-bond acceptors (Lipinski definition) is 7. The van der Waals surface area contributed by atoms with E-state index in [1.807, 2.05) is 6.07 Å². The summed E-state index contributed by atoms with van der Waals surface area (Å²) in [6.45, 7) is 0.443. The summed E-state index contributed by atoms with van der Waals surface area (Å²) in [6.07, 6.45) is 4.82. The van der Waals surface area contributed by atoms with Gasteiger partial charge in [0, 0.05) is 37.6 Å². The van der Waals surface area contributed by atoms with Crippen LogP contribution in [-0.4, -0.2) is 43.9 Å². The second-order valence-corrected chi connectivity index (χ2v) is 7.52. The lowest BCUT2D eigenvalue weighted by atomic mass is 10.1. The van der Waals surface area contributed by atoms with Gasteiger partial charge in [-0.1, -0.05) is 12.1 Å². The van der Waals surface area contributed by atoms with Crippen LogP contribution in [0, 0.1) is 0 Å². The van der Waals surface area contributed by atoms with Gasteiger partial charge in [0.05, 0.1) is 11.9 Å². The van der Waals surface area contributed by atoms with Crippen molar-refractivity contribution in [2.24, 2.45) is 0 Å². The van der Waals surface area contributed by atoms with Crippen LogP contribution in [0.3, 0.4) is 0 Å². The van der Waals surface area contributed by atoms with E-state index < -0.39 is 11.8 Å². The van der Waals surface area contributed by atoms with Crippen molar-refractivity contribution in [2.45, 2.75) is 13.1 Å². The Morgan fingerprint density at radius 2 is 1.88 bits per heavy atom. The Bertz CT molecular complexity index is 1400. The van der Waals surface area contributed by atoms with Gasteiger partial charge in [0.15, 0.2) is 12.3 Å².